The van der Waals surface area contributed by atoms with Gasteiger partial charge in [0.1, 0.15) is 0 Å². The average molecular weight is 192 g/mol. The first kappa shape index (κ1) is 13.2. The minimum Gasteiger partial charge on any atom is -0.0683 e. The van der Waals surface area contributed by atoms with Crippen molar-refractivity contribution in [3.05, 3.63) is 35.4 Å². The van der Waals surface area contributed by atoms with Gasteiger partial charge in [0.2, 0.25) is 0 Å². The van der Waals surface area contributed by atoms with Gasteiger partial charge in [-0.25, -0.2) is 0 Å². The van der Waals surface area contributed by atoms with Crippen LogP contribution in [0.25, 0.3) is 0 Å². The van der Waals surface area contributed by atoms with Crippen molar-refractivity contribution < 1.29 is 0 Å². The summed E-state index contributed by atoms with van der Waals surface area (Å²) in [4.78, 5) is 0. The van der Waals surface area contributed by atoms with Gasteiger partial charge < -0.3 is 0 Å². The highest BCUT2D eigenvalue weighted by molar-refractivity contribution is 5.24. The normalized spacial score (nSPS) is 11.5. The lowest BCUT2D eigenvalue weighted by Crippen LogP contribution is -1.91. The van der Waals surface area contributed by atoms with Gasteiger partial charge in [-0.05, 0) is 29.9 Å². The van der Waals surface area contributed by atoms with E-state index in [0.717, 1.165) is 6.42 Å². The molecule has 1 rings (SSSR count). The zero-order valence-electron chi connectivity index (χ0n) is 10.3. The molecule has 0 radical (unpaired) electrons. The Morgan fingerprint density at radius 3 is 1.86 bits per heavy atom. The van der Waals surface area contributed by atoms with Gasteiger partial charge in [0.25, 0.3) is 0 Å². The molecule has 0 amide bonds. The van der Waals surface area contributed by atoms with Crippen molar-refractivity contribution in [3.63, 3.8) is 0 Å². The van der Waals surface area contributed by atoms with Crippen LogP contribution in [0.2, 0.25) is 0 Å². The van der Waals surface area contributed by atoms with E-state index in [1.54, 1.807) is 0 Å². The Hall–Kier alpha value is -0.780. The molecular formula is C14H24. The molecule has 1 aromatic carbocycles. The van der Waals surface area contributed by atoms with E-state index in [1.165, 1.54) is 17.5 Å². The van der Waals surface area contributed by atoms with Crippen LogP contribution in [0.5, 0.6) is 0 Å². The molecule has 0 N–H and O–H groups in total. The molecule has 0 saturated heterocycles. The van der Waals surface area contributed by atoms with Gasteiger partial charge in [-0.1, -0.05) is 58.9 Å². The smallest absolute Gasteiger partial charge is 0.0193 e. The summed E-state index contributed by atoms with van der Waals surface area (Å²) >= 11 is 0. The average Bonchev–Trinajstić information content (AvgIpc) is 2.31. The van der Waals surface area contributed by atoms with E-state index in [1.807, 2.05) is 13.8 Å². The van der Waals surface area contributed by atoms with Gasteiger partial charge in [-0.15, -0.1) is 0 Å². The maximum Gasteiger partial charge on any atom is -0.0193 e. The zero-order valence-corrected chi connectivity index (χ0v) is 10.3. The van der Waals surface area contributed by atoms with E-state index in [9.17, 15) is 0 Å². The van der Waals surface area contributed by atoms with Crippen LogP contribution in [-0.2, 0) is 6.42 Å². The molecule has 0 heteroatoms. The molecule has 0 bridgehead atoms. The molecule has 1 unspecified atom stereocenters. The Morgan fingerprint density at radius 2 is 1.50 bits per heavy atom. The molecule has 1 aromatic rings. The summed E-state index contributed by atoms with van der Waals surface area (Å²) in [5.41, 5.74) is 2.90. The molecule has 14 heavy (non-hydrogen) atoms. The summed E-state index contributed by atoms with van der Waals surface area (Å²) in [7, 11) is 0. The standard InChI is InChI=1S/C12H18.C2H6/c1-4-10(3)12-8-6-11(5-2)7-9-12;1-2/h6-10H,4-5H2,1-3H3;1-2H3. The minimum absolute atomic E-state index is 0.705. The van der Waals surface area contributed by atoms with Crippen LogP contribution in [0.3, 0.4) is 0 Å². The first-order valence-corrected chi connectivity index (χ1v) is 5.86. The molecule has 0 nitrogen and oxygen atoms in total. The summed E-state index contributed by atoms with van der Waals surface area (Å²) in [5.74, 6) is 0.705. The maximum atomic E-state index is 2.28. The highest BCUT2D eigenvalue weighted by Gasteiger charge is 2.00. The second-order valence-corrected chi connectivity index (χ2v) is 3.40. The number of hydrogen-bond donors (Lipinski definition) is 0. The Morgan fingerprint density at radius 1 is 1.00 bits per heavy atom. The topological polar surface area (TPSA) is 0 Å². The fourth-order valence-electron chi connectivity index (χ4n) is 1.32. The SMILES string of the molecule is CC.CCc1ccc(C(C)CC)cc1. The minimum atomic E-state index is 0.705. The van der Waals surface area contributed by atoms with Gasteiger partial charge in [0, 0.05) is 0 Å². The van der Waals surface area contributed by atoms with Crippen LogP contribution >= 0.6 is 0 Å². The zero-order chi connectivity index (χ0) is 11.0. The van der Waals surface area contributed by atoms with Gasteiger partial charge >= 0.3 is 0 Å². The Bertz CT molecular complexity index is 220. The quantitative estimate of drug-likeness (QED) is 0.646. The fraction of sp³-hybridized carbons (Fsp3) is 0.571. The Balaban J connectivity index is 0.000000791. The third kappa shape index (κ3) is 3.95. The third-order valence-corrected chi connectivity index (χ3v) is 2.57. The van der Waals surface area contributed by atoms with Crippen molar-refractivity contribution in [3.8, 4) is 0 Å². The largest absolute Gasteiger partial charge is 0.0683 e. The molecule has 0 aliphatic rings. The van der Waals surface area contributed by atoms with Crippen molar-refractivity contribution in [1.82, 2.24) is 0 Å². The molecule has 80 valence electrons. The summed E-state index contributed by atoms with van der Waals surface area (Å²) < 4.78 is 0. The molecular weight excluding hydrogens is 168 g/mol. The van der Waals surface area contributed by atoms with E-state index in [-0.39, 0.29) is 0 Å². The molecule has 0 aromatic heterocycles. The van der Waals surface area contributed by atoms with Crippen LogP contribution in [0, 0.1) is 0 Å². The molecule has 0 heterocycles. The lowest BCUT2D eigenvalue weighted by molar-refractivity contribution is 0.733. The van der Waals surface area contributed by atoms with Crippen LogP contribution in [0.15, 0.2) is 24.3 Å². The van der Waals surface area contributed by atoms with Crippen molar-refractivity contribution in [2.24, 2.45) is 0 Å². The summed E-state index contributed by atoms with van der Waals surface area (Å²) in [6, 6.07) is 8.99. The summed E-state index contributed by atoms with van der Waals surface area (Å²) in [5, 5.41) is 0. The second-order valence-electron chi connectivity index (χ2n) is 3.40. The highest BCUT2D eigenvalue weighted by Crippen LogP contribution is 2.18. The van der Waals surface area contributed by atoms with E-state index in [0.29, 0.717) is 5.92 Å². The maximum absolute atomic E-state index is 2.28. The monoisotopic (exact) mass is 192 g/mol. The second kappa shape index (κ2) is 7.61. The van der Waals surface area contributed by atoms with Gasteiger partial charge in [0.15, 0.2) is 0 Å². The van der Waals surface area contributed by atoms with Gasteiger partial charge in [-0.3, -0.25) is 0 Å². The van der Waals surface area contributed by atoms with Crippen LogP contribution < -0.4 is 0 Å². The Kier molecular flexibility index (Phi) is 7.18. The van der Waals surface area contributed by atoms with Crippen LogP contribution in [-0.4, -0.2) is 0 Å². The molecule has 0 fully saturated rings. The van der Waals surface area contributed by atoms with Gasteiger partial charge in [-0.2, -0.15) is 0 Å². The molecule has 0 saturated carbocycles. The molecule has 1 atom stereocenters. The molecule has 0 aliphatic carbocycles. The van der Waals surface area contributed by atoms with E-state index < -0.39 is 0 Å². The highest BCUT2D eigenvalue weighted by atomic mass is 14.1. The first-order valence-electron chi connectivity index (χ1n) is 5.86. The molecule has 0 spiro atoms. The van der Waals surface area contributed by atoms with Gasteiger partial charge in [0.05, 0.1) is 0 Å². The number of hydrogen-bond acceptors (Lipinski definition) is 0. The van der Waals surface area contributed by atoms with Crippen LogP contribution in [0.4, 0.5) is 0 Å². The van der Waals surface area contributed by atoms with E-state index >= 15 is 0 Å². The van der Waals surface area contributed by atoms with E-state index in [2.05, 4.69) is 45.0 Å². The fourth-order valence-corrected chi connectivity index (χ4v) is 1.32. The Labute approximate surface area is 89.4 Å². The lowest BCUT2D eigenvalue weighted by atomic mass is 9.97. The van der Waals surface area contributed by atoms with Crippen molar-refractivity contribution in [1.29, 1.82) is 0 Å². The predicted octanol–water partition coefficient (Wildman–Crippen LogP) is 4.79. The van der Waals surface area contributed by atoms with Crippen molar-refractivity contribution in [2.75, 3.05) is 0 Å². The summed E-state index contributed by atoms with van der Waals surface area (Å²) in [6.07, 6.45) is 2.37. The van der Waals surface area contributed by atoms with E-state index in [4.69, 9.17) is 0 Å². The number of rotatable bonds is 3. The first-order chi connectivity index (χ1) is 6.77. The number of benzene rings is 1. The lowest BCUT2D eigenvalue weighted by Gasteiger charge is -2.08. The van der Waals surface area contributed by atoms with Crippen LogP contribution in [0.1, 0.15) is 58.1 Å². The molecule has 0 aliphatic heterocycles. The summed E-state index contributed by atoms with van der Waals surface area (Å²) in [6.45, 7) is 10.7. The van der Waals surface area contributed by atoms with Crippen molar-refractivity contribution in [2.45, 2.75) is 53.4 Å². The predicted molar refractivity (Wildman–Crippen MR) is 65.9 cm³/mol. The third-order valence-electron chi connectivity index (χ3n) is 2.57. The van der Waals surface area contributed by atoms with Crippen molar-refractivity contribution >= 4 is 0 Å². The number of aryl methyl sites for hydroxylation is 1.